The van der Waals surface area contributed by atoms with E-state index in [-0.39, 0.29) is 11.8 Å². The van der Waals surface area contributed by atoms with Gasteiger partial charge in [-0.25, -0.2) is 0 Å². The second-order valence-electron chi connectivity index (χ2n) is 6.11. The van der Waals surface area contributed by atoms with Gasteiger partial charge in [-0.15, -0.1) is 5.10 Å². The van der Waals surface area contributed by atoms with E-state index in [2.05, 4.69) is 16.3 Å². The molecule has 0 spiro atoms. The molecule has 2 heterocycles. The molecular weight excluding hydrogens is 340 g/mol. The summed E-state index contributed by atoms with van der Waals surface area (Å²) >= 11 is 0. The molecule has 1 aromatic heterocycles. The molecule has 134 valence electrons. The third kappa shape index (κ3) is 2.89. The minimum absolute atomic E-state index is 0.0867. The standard InChI is InChI=1S/C21H18N4O2/c1-2-26-15-10-8-14(9-11-15)19-18-17(13-6-4-3-5-7-13)16(12-22)20(23)27-21(18)25-24-19/h3-11,17H,2,23H2,1H3,(H,24,25)/t17-/m1/s1. The van der Waals surface area contributed by atoms with Crippen LogP contribution in [-0.2, 0) is 0 Å². The highest BCUT2D eigenvalue weighted by Crippen LogP contribution is 2.45. The smallest absolute Gasteiger partial charge is 0.244 e. The Morgan fingerprint density at radius 2 is 1.93 bits per heavy atom. The zero-order valence-electron chi connectivity index (χ0n) is 14.8. The van der Waals surface area contributed by atoms with E-state index < -0.39 is 0 Å². The predicted octanol–water partition coefficient (Wildman–Crippen LogP) is 3.69. The second-order valence-corrected chi connectivity index (χ2v) is 6.11. The number of fused-ring (bicyclic) bond motifs is 1. The molecule has 0 radical (unpaired) electrons. The number of aromatic nitrogens is 2. The number of hydrogen-bond acceptors (Lipinski definition) is 5. The van der Waals surface area contributed by atoms with Crippen LogP contribution in [0.4, 0.5) is 0 Å². The molecule has 1 atom stereocenters. The SMILES string of the molecule is CCOc1ccc(-c2[nH]nc3c2[C@H](c2ccccc2)C(C#N)=C(N)O3)cc1. The van der Waals surface area contributed by atoms with Crippen molar-refractivity contribution in [2.24, 2.45) is 5.73 Å². The molecule has 27 heavy (non-hydrogen) atoms. The third-order valence-corrected chi connectivity index (χ3v) is 4.53. The average molecular weight is 358 g/mol. The molecule has 0 unspecified atom stereocenters. The van der Waals surface area contributed by atoms with E-state index in [1.165, 1.54) is 0 Å². The number of nitrogens with zero attached hydrogens (tertiary/aromatic N) is 2. The van der Waals surface area contributed by atoms with Crippen molar-refractivity contribution < 1.29 is 9.47 Å². The number of aromatic amines is 1. The van der Waals surface area contributed by atoms with E-state index in [1.807, 2.05) is 61.5 Å². The quantitative estimate of drug-likeness (QED) is 0.741. The summed E-state index contributed by atoms with van der Waals surface area (Å²) in [7, 11) is 0. The highest BCUT2D eigenvalue weighted by molar-refractivity contribution is 5.71. The monoisotopic (exact) mass is 358 g/mol. The van der Waals surface area contributed by atoms with Gasteiger partial charge in [-0.3, -0.25) is 5.10 Å². The van der Waals surface area contributed by atoms with E-state index >= 15 is 0 Å². The molecule has 2 aromatic carbocycles. The average Bonchev–Trinajstić information content (AvgIpc) is 3.11. The lowest BCUT2D eigenvalue weighted by molar-refractivity contribution is 0.340. The lowest BCUT2D eigenvalue weighted by Crippen LogP contribution is -2.20. The van der Waals surface area contributed by atoms with Crippen LogP contribution < -0.4 is 15.2 Å². The predicted molar refractivity (Wildman–Crippen MR) is 101 cm³/mol. The van der Waals surface area contributed by atoms with Gasteiger partial charge in [0.1, 0.15) is 17.4 Å². The van der Waals surface area contributed by atoms with Crippen molar-refractivity contribution in [2.75, 3.05) is 6.61 Å². The number of nitrogens with two attached hydrogens (primary N) is 1. The zero-order valence-corrected chi connectivity index (χ0v) is 14.8. The van der Waals surface area contributed by atoms with E-state index in [0.29, 0.717) is 18.1 Å². The molecule has 0 saturated heterocycles. The number of nitriles is 1. The Morgan fingerprint density at radius 1 is 1.19 bits per heavy atom. The minimum Gasteiger partial charge on any atom is -0.494 e. The van der Waals surface area contributed by atoms with E-state index in [4.69, 9.17) is 15.2 Å². The van der Waals surface area contributed by atoms with Crippen molar-refractivity contribution in [1.29, 1.82) is 5.26 Å². The molecule has 0 fully saturated rings. The van der Waals surface area contributed by atoms with E-state index in [1.54, 1.807) is 0 Å². The number of nitrogens with one attached hydrogen (secondary N) is 1. The number of hydrogen-bond donors (Lipinski definition) is 2. The highest BCUT2D eigenvalue weighted by Gasteiger charge is 2.35. The van der Waals surface area contributed by atoms with Crippen molar-refractivity contribution in [2.45, 2.75) is 12.8 Å². The molecule has 1 aliphatic heterocycles. The van der Waals surface area contributed by atoms with Crippen LogP contribution >= 0.6 is 0 Å². The van der Waals surface area contributed by atoms with Crippen molar-refractivity contribution in [3.63, 3.8) is 0 Å². The lowest BCUT2D eigenvalue weighted by Gasteiger charge is -2.24. The van der Waals surface area contributed by atoms with Gasteiger partial charge in [-0.05, 0) is 36.8 Å². The summed E-state index contributed by atoms with van der Waals surface area (Å²) in [4.78, 5) is 0. The lowest BCUT2D eigenvalue weighted by atomic mass is 9.83. The van der Waals surface area contributed by atoms with Crippen LogP contribution in [0.3, 0.4) is 0 Å². The number of allylic oxidation sites excluding steroid dienone is 1. The van der Waals surface area contributed by atoms with E-state index in [0.717, 1.165) is 28.1 Å². The fraction of sp³-hybridized carbons (Fsp3) is 0.143. The molecule has 1 aliphatic rings. The zero-order chi connectivity index (χ0) is 18.8. The third-order valence-electron chi connectivity index (χ3n) is 4.53. The molecule has 4 rings (SSSR count). The van der Waals surface area contributed by atoms with Crippen LogP contribution in [-0.4, -0.2) is 16.8 Å². The van der Waals surface area contributed by atoms with Crippen LogP contribution in [0, 0.1) is 11.3 Å². The molecule has 3 aromatic rings. The van der Waals surface area contributed by atoms with Crippen LogP contribution in [0.1, 0.15) is 24.0 Å². The van der Waals surface area contributed by atoms with Crippen molar-refractivity contribution in [3.05, 3.63) is 77.2 Å². The van der Waals surface area contributed by atoms with Gasteiger partial charge in [0.2, 0.25) is 11.8 Å². The van der Waals surface area contributed by atoms with Gasteiger partial charge in [0.05, 0.1) is 23.8 Å². The van der Waals surface area contributed by atoms with Gasteiger partial charge >= 0.3 is 0 Å². The Balaban J connectivity index is 1.86. The molecule has 3 N–H and O–H groups in total. The van der Waals surface area contributed by atoms with E-state index in [9.17, 15) is 5.26 Å². The number of rotatable bonds is 4. The van der Waals surface area contributed by atoms with Gasteiger partial charge in [0.25, 0.3) is 0 Å². The first-order chi connectivity index (χ1) is 13.2. The molecule has 0 amide bonds. The maximum atomic E-state index is 9.70. The van der Waals surface area contributed by atoms with Crippen LogP contribution in [0.5, 0.6) is 11.6 Å². The summed E-state index contributed by atoms with van der Waals surface area (Å²) in [6.45, 7) is 2.56. The fourth-order valence-corrected chi connectivity index (χ4v) is 3.33. The number of H-pyrrole nitrogens is 1. The largest absolute Gasteiger partial charge is 0.494 e. The Hall–Kier alpha value is -3.72. The molecule has 0 bridgehead atoms. The first-order valence-electron chi connectivity index (χ1n) is 8.67. The fourth-order valence-electron chi connectivity index (χ4n) is 3.33. The molecule has 0 saturated carbocycles. The molecule has 6 heteroatoms. The molecular formula is C21H18N4O2. The summed E-state index contributed by atoms with van der Waals surface area (Å²) < 4.78 is 11.1. The maximum absolute atomic E-state index is 9.70. The second kappa shape index (κ2) is 6.89. The minimum atomic E-state index is -0.347. The normalized spacial score (nSPS) is 15.6. The molecule has 6 nitrogen and oxygen atoms in total. The summed E-state index contributed by atoms with van der Waals surface area (Å²) in [5, 5.41) is 17.0. The Kier molecular flexibility index (Phi) is 4.27. The van der Waals surface area contributed by atoms with Crippen molar-refractivity contribution >= 4 is 0 Å². The van der Waals surface area contributed by atoms with Crippen LogP contribution in [0.2, 0.25) is 0 Å². The van der Waals surface area contributed by atoms with Gasteiger partial charge < -0.3 is 15.2 Å². The highest BCUT2D eigenvalue weighted by atomic mass is 16.5. The Labute approximate surface area is 156 Å². The summed E-state index contributed by atoms with van der Waals surface area (Å²) in [6.07, 6.45) is 0. The van der Waals surface area contributed by atoms with Crippen molar-refractivity contribution in [1.82, 2.24) is 10.2 Å². The summed E-state index contributed by atoms with van der Waals surface area (Å²) in [6, 6.07) is 19.7. The van der Waals surface area contributed by atoms with Gasteiger partial charge in [0.15, 0.2) is 0 Å². The number of ether oxygens (including phenoxy) is 2. The van der Waals surface area contributed by atoms with Gasteiger partial charge in [0, 0.05) is 5.56 Å². The Morgan fingerprint density at radius 3 is 2.59 bits per heavy atom. The van der Waals surface area contributed by atoms with Gasteiger partial charge in [-0.1, -0.05) is 30.3 Å². The van der Waals surface area contributed by atoms with Crippen LogP contribution in [0.15, 0.2) is 66.1 Å². The maximum Gasteiger partial charge on any atom is 0.244 e. The number of benzene rings is 2. The van der Waals surface area contributed by atoms with Crippen molar-refractivity contribution in [3.8, 4) is 29.0 Å². The first-order valence-corrected chi connectivity index (χ1v) is 8.67. The summed E-state index contributed by atoms with van der Waals surface area (Å²) in [5.41, 5.74) is 9.85. The molecule has 0 aliphatic carbocycles. The topological polar surface area (TPSA) is 97.0 Å². The Bertz CT molecular complexity index is 1030. The van der Waals surface area contributed by atoms with Gasteiger partial charge in [-0.2, -0.15) is 5.26 Å². The first kappa shape index (κ1) is 16.7. The van der Waals surface area contributed by atoms with Crippen LogP contribution in [0.25, 0.3) is 11.3 Å². The summed E-state index contributed by atoms with van der Waals surface area (Å²) in [5.74, 6) is 0.931.